The Morgan fingerprint density at radius 1 is 1.06 bits per heavy atom. The van der Waals surface area contributed by atoms with Crippen LogP contribution in [0.1, 0.15) is 16.2 Å². The van der Waals surface area contributed by atoms with Crippen molar-refractivity contribution in [3.05, 3.63) is 82.5 Å². The molecular formula is C22H19N5O4. The molecule has 0 saturated carbocycles. The number of likely N-dealkylation sites (N-methyl/N-ethyl adjacent to an activating group) is 1. The number of carbonyl (C=O) groups is 2. The minimum absolute atomic E-state index is 0.0756. The maximum Gasteiger partial charge on any atom is 0.279 e. The molecule has 0 aliphatic heterocycles. The minimum atomic E-state index is -0.493. The summed E-state index contributed by atoms with van der Waals surface area (Å²) < 4.78 is 6.11. The number of nitrogens with zero attached hydrogens (tertiary/aromatic N) is 4. The summed E-state index contributed by atoms with van der Waals surface area (Å²) in [4.78, 5) is 39.7. The lowest BCUT2D eigenvalue weighted by Gasteiger charge is -2.18. The van der Waals surface area contributed by atoms with E-state index in [1.807, 2.05) is 6.07 Å². The normalized spacial score (nSPS) is 10.8. The molecule has 9 nitrogen and oxygen atoms in total. The molecule has 4 rings (SSSR count). The fraction of sp³-hybridized carbons (Fsp3) is 0.136. The van der Waals surface area contributed by atoms with E-state index >= 15 is 0 Å². The number of aryl methyl sites for hydroxylation is 1. The van der Waals surface area contributed by atoms with Gasteiger partial charge in [0.15, 0.2) is 11.5 Å². The number of hydrogen-bond donors (Lipinski definition) is 1. The van der Waals surface area contributed by atoms with Crippen molar-refractivity contribution in [2.45, 2.75) is 6.92 Å². The lowest BCUT2D eigenvalue weighted by molar-refractivity contribution is -0.116. The summed E-state index contributed by atoms with van der Waals surface area (Å²) in [6.07, 6.45) is 0. The number of amides is 2. The molecule has 0 radical (unpaired) electrons. The zero-order valence-electron chi connectivity index (χ0n) is 16.9. The van der Waals surface area contributed by atoms with E-state index in [0.717, 1.165) is 0 Å². The number of aromatic nitrogens is 3. The van der Waals surface area contributed by atoms with Crippen LogP contribution in [0.4, 0.5) is 5.82 Å². The predicted octanol–water partition coefficient (Wildman–Crippen LogP) is 2.39. The van der Waals surface area contributed by atoms with Crippen LogP contribution in [0.15, 0.2) is 70.0 Å². The molecular weight excluding hydrogens is 398 g/mol. The van der Waals surface area contributed by atoms with Crippen molar-refractivity contribution in [2.75, 3.05) is 18.9 Å². The van der Waals surface area contributed by atoms with Crippen LogP contribution < -0.4 is 10.9 Å². The van der Waals surface area contributed by atoms with Crippen molar-refractivity contribution in [1.82, 2.24) is 19.8 Å². The van der Waals surface area contributed by atoms with E-state index < -0.39 is 11.8 Å². The molecule has 2 aromatic heterocycles. The lowest BCUT2D eigenvalue weighted by atomic mass is 10.1. The summed E-state index contributed by atoms with van der Waals surface area (Å²) in [5, 5.41) is 11.4. The van der Waals surface area contributed by atoms with Gasteiger partial charge in [0.25, 0.3) is 11.5 Å². The Bertz CT molecular complexity index is 1330. The van der Waals surface area contributed by atoms with Gasteiger partial charge in [0, 0.05) is 18.5 Å². The second kappa shape index (κ2) is 8.23. The molecule has 0 unspecified atom stereocenters. The van der Waals surface area contributed by atoms with Gasteiger partial charge in [-0.1, -0.05) is 41.6 Å². The summed E-state index contributed by atoms with van der Waals surface area (Å²) in [7, 11) is 1.49. The summed E-state index contributed by atoms with van der Waals surface area (Å²) in [5.41, 5.74) is 0.279. The van der Waals surface area contributed by atoms with E-state index in [1.54, 1.807) is 61.5 Å². The van der Waals surface area contributed by atoms with E-state index in [2.05, 4.69) is 15.6 Å². The van der Waals surface area contributed by atoms with Crippen molar-refractivity contribution < 1.29 is 14.1 Å². The van der Waals surface area contributed by atoms with E-state index in [-0.39, 0.29) is 23.6 Å². The van der Waals surface area contributed by atoms with E-state index in [1.165, 1.54) is 16.6 Å². The van der Waals surface area contributed by atoms with Crippen molar-refractivity contribution in [1.29, 1.82) is 0 Å². The van der Waals surface area contributed by atoms with Crippen molar-refractivity contribution in [2.24, 2.45) is 0 Å². The molecule has 1 N–H and O–H groups in total. The van der Waals surface area contributed by atoms with Crippen LogP contribution in [-0.4, -0.2) is 45.2 Å². The fourth-order valence-corrected chi connectivity index (χ4v) is 3.17. The van der Waals surface area contributed by atoms with Crippen molar-refractivity contribution in [3.8, 4) is 5.69 Å². The van der Waals surface area contributed by atoms with Crippen molar-refractivity contribution in [3.63, 3.8) is 0 Å². The summed E-state index contributed by atoms with van der Waals surface area (Å²) in [6, 6.07) is 17.2. The van der Waals surface area contributed by atoms with Crippen LogP contribution in [0.2, 0.25) is 0 Å². The molecule has 2 heterocycles. The topological polar surface area (TPSA) is 110 Å². The molecule has 0 saturated heterocycles. The Morgan fingerprint density at radius 3 is 2.42 bits per heavy atom. The maximum absolute atomic E-state index is 13.2. The average molecular weight is 417 g/mol. The Hall–Kier alpha value is -4.27. The first kappa shape index (κ1) is 20.0. The first-order valence-corrected chi connectivity index (χ1v) is 9.50. The van der Waals surface area contributed by atoms with E-state index in [9.17, 15) is 14.4 Å². The highest BCUT2D eigenvalue weighted by Crippen LogP contribution is 2.17. The van der Waals surface area contributed by atoms with Gasteiger partial charge in [0.05, 0.1) is 17.6 Å². The van der Waals surface area contributed by atoms with Gasteiger partial charge in [-0.05, 0) is 25.1 Å². The van der Waals surface area contributed by atoms with Crippen LogP contribution in [0.5, 0.6) is 0 Å². The van der Waals surface area contributed by atoms with Gasteiger partial charge in [0.2, 0.25) is 5.91 Å². The maximum atomic E-state index is 13.2. The lowest BCUT2D eigenvalue weighted by Crippen LogP contribution is -2.36. The smallest absolute Gasteiger partial charge is 0.279 e. The van der Waals surface area contributed by atoms with Crippen LogP contribution in [0, 0.1) is 6.92 Å². The van der Waals surface area contributed by atoms with Crippen LogP contribution in [-0.2, 0) is 4.79 Å². The van der Waals surface area contributed by atoms with E-state index in [4.69, 9.17) is 4.52 Å². The Morgan fingerprint density at radius 2 is 1.74 bits per heavy atom. The Balaban J connectivity index is 1.67. The second-order valence-corrected chi connectivity index (χ2v) is 6.98. The molecule has 0 aliphatic rings. The third kappa shape index (κ3) is 4.06. The fourth-order valence-electron chi connectivity index (χ4n) is 3.17. The standard InChI is InChI=1S/C22H19N5O4/c1-14-12-18(25-31-14)23-19(28)13-26(2)22(30)20-16-10-6-7-11-17(16)21(29)27(24-20)15-8-4-3-5-9-15/h3-12H,13H2,1-2H3,(H,23,25,28). The molecule has 4 aromatic rings. The molecule has 2 aromatic carbocycles. The molecule has 9 heteroatoms. The SMILES string of the molecule is Cc1cc(NC(=O)CN(C)C(=O)c2nn(-c3ccccc3)c(=O)c3ccccc23)no1. The zero-order valence-corrected chi connectivity index (χ0v) is 16.9. The highest BCUT2D eigenvalue weighted by atomic mass is 16.5. The number of anilines is 1. The third-order valence-electron chi connectivity index (χ3n) is 4.63. The number of rotatable bonds is 5. The van der Waals surface area contributed by atoms with Crippen molar-refractivity contribution >= 4 is 28.4 Å². The molecule has 2 amide bonds. The van der Waals surface area contributed by atoms with Gasteiger partial charge < -0.3 is 14.7 Å². The quantitative estimate of drug-likeness (QED) is 0.534. The molecule has 0 aliphatic carbocycles. The Kier molecular flexibility index (Phi) is 5.31. The second-order valence-electron chi connectivity index (χ2n) is 6.98. The number of para-hydroxylation sites is 1. The largest absolute Gasteiger partial charge is 0.360 e. The molecule has 0 spiro atoms. The Labute approximate surface area is 176 Å². The van der Waals surface area contributed by atoms with Gasteiger partial charge in [-0.2, -0.15) is 9.78 Å². The van der Waals surface area contributed by atoms with Crippen LogP contribution >= 0.6 is 0 Å². The molecule has 31 heavy (non-hydrogen) atoms. The third-order valence-corrected chi connectivity index (χ3v) is 4.63. The summed E-state index contributed by atoms with van der Waals surface area (Å²) in [6.45, 7) is 1.47. The van der Waals surface area contributed by atoms with Gasteiger partial charge in [-0.25, -0.2) is 0 Å². The molecule has 0 bridgehead atoms. The number of hydrogen-bond acceptors (Lipinski definition) is 6. The summed E-state index contributed by atoms with van der Waals surface area (Å²) >= 11 is 0. The number of fused-ring (bicyclic) bond motifs is 1. The van der Waals surface area contributed by atoms with E-state index in [0.29, 0.717) is 22.2 Å². The first-order valence-electron chi connectivity index (χ1n) is 9.50. The van der Waals surface area contributed by atoms with Gasteiger partial charge in [0.1, 0.15) is 5.76 Å². The van der Waals surface area contributed by atoms with Gasteiger partial charge in [-0.15, -0.1) is 0 Å². The minimum Gasteiger partial charge on any atom is -0.360 e. The number of carbonyl (C=O) groups excluding carboxylic acids is 2. The van der Waals surface area contributed by atoms with Crippen LogP contribution in [0.25, 0.3) is 16.5 Å². The number of benzene rings is 2. The van der Waals surface area contributed by atoms with Gasteiger partial charge in [-0.3, -0.25) is 14.4 Å². The van der Waals surface area contributed by atoms with Gasteiger partial charge >= 0.3 is 0 Å². The highest BCUT2D eigenvalue weighted by molar-refractivity contribution is 6.06. The molecule has 0 fully saturated rings. The monoisotopic (exact) mass is 417 g/mol. The highest BCUT2D eigenvalue weighted by Gasteiger charge is 2.22. The number of nitrogens with one attached hydrogen (secondary N) is 1. The average Bonchev–Trinajstić information content (AvgIpc) is 3.18. The predicted molar refractivity (Wildman–Crippen MR) is 114 cm³/mol. The summed E-state index contributed by atoms with van der Waals surface area (Å²) in [5.74, 6) is -0.111. The molecule has 156 valence electrons. The van der Waals surface area contributed by atoms with Crippen LogP contribution in [0.3, 0.4) is 0 Å². The molecule has 0 atom stereocenters. The zero-order chi connectivity index (χ0) is 22.0. The first-order chi connectivity index (χ1) is 14.9.